The van der Waals surface area contributed by atoms with Crippen molar-refractivity contribution in [3.05, 3.63) is 82.5 Å². The molecule has 0 bridgehead atoms. The number of benzene rings is 1. The second-order valence-corrected chi connectivity index (χ2v) is 10.5. The van der Waals surface area contributed by atoms with Gasteiger partial charge in [-0.2, -0.15) is 0 Å². The Kier molecular flexibility index (Phi) is 8.50. The van der Waals surface area contributed by atoms with Crippen molar-refractivity contribution in [1.29, 1.82) is 0 Å². The Morgan fingerprint density at radius 2 is 1.80 bits per heavy atom. The lowest BCUT2D eigenvalue weighted by Crippen LogP contribution is -2.49. The van der Waals surface area contributed by atoms with E-state index in [0.29, 0.717) is 6.54 Å². The van der Waals surface area contributed by atoms with E-state index in [4.69, 9.17) is 4.42 Å². The minimum atomic E-state index is -0.249. The number of carbonyl (C=O) groups is 2. The summed E-state index contributed by atoms with van der Waals surface area (Å²) in [4.78, 5) is 30.4. The average molecular weight is 541 g/mol. The zero-order valence-electron chi connectivity index (χ0n) is 20.5. The first-order valence-electron chi connectivity index (χ1n) is 12.4. The number of hydrogen-bond acceptors (Lipinski definition) is 3. The molecule has 35 heavy (non-hydrogen) atoms. The van der Waals surface area contributed by atoms with Crippen LogP contribution in [0.25, 0.3) is 0 Å². The number of rotatable bonds is 9. The number of nitrogens with zero attached hydrogens (tertiary/aromatic N) is 3. The third-order valence-electron chi connectivity index (χ3n) is 6.78. The fraction of sp³-hybridized carbons (Fsp3) is 0.429. The van der Waals surface area contributed by atoms with Gasteiger partial charge in [-0.25, -0.2) is 0 Å². The molecule has 1 saturated carbocycles. The van der Waals surface area contributed by atoms with Crippen molar-refractivity contribution >= 4 is 27.7 Å². The van der Waals surface area contributed by atoms with Gasteiger partial charge in [0.25, 0.3) is 5.91 Å². The van der Waals surface area contributed by atoms with Gasteiger partial charge in [-0.3, -0.25) is 9.59 Å². The van der Waals surface area contributed by atoms with Gasteiger partial charge in [0, 0.05) is 35.0 Å². The number of hydrogen-bond donors (Lipinski definition) is 0. The van der Waals surface area contributed by atoms with Gasteiger partial charge in [0.1, 0.15) is 6.54 Å². The molecule has 2 heterocycles. The molecule has 0 N–H and O–H groups in total. The normalized spacial score (nSPS) is 14.3. The van der Waals surface area contributed by atoms with Gasteiger partial charge in [-0.05, 0) is 68.7 Å². The van der Waals surface area contributed by atoms with Crippen molar-refractivity contribution < 1.29 is 14.0 Å². The van der Waals surface area contributed by atoms with Gasteiger partial charge in [0.2, 0.25) is 5.91 Å². The SMILES string of the molecule is CC(C)N(CC(=O)N(Cc1cccn1Cc1ccc(Br)cc1)C1CCCCC1)C(=O)c1ccco1. The van der Waals surface area contributed by atoms with Crippen LogP contribution in [-0.4, -0.2) is 44.8 Å². The molecular formula is C28H34BrN3O3. The summed E-state index contributed by atoms with van der Waals surface area (Å²) in [5.74, 6) is 0.00143. The Bertz CT molecular complexity index is 1100. The van der Waals surface area contributed by atoms with E-state index >= 15 is 0 Å². The third-order valence-corrected chi connectivity index (χ3v) is 7.31. The lowest BCUT2D eigenvalue weighted by atomic mass is 9.94. The molecule has 0 atom stereocenters. The molecule has 6 nitrogen and oxygen atoms in total. The van der Waals surface area contributed by atoms with Gasteiger partial charge in [-0.15, -0.1) is 0 Å². The van der Waals surface area contributed by atoms with Gasteiger partial charge in [0.15, 0.2) is 5.76 Å². The van der Waals surface area contributed by atoms with Gasteiger partial charge < -0.3 is 18.8 Å². The van der Waals surface area contributed by atoms with Crippen molar-refractivity contribution in [2.45, 2.75) is 71.1 Å². The highest BCUT2D eigenvalue weighted by Gasteiger charge is 2.30. The molecule has 4 rings (SSSR count). The molecule has 1 aliphatic carbocycles. The first kappa shape index (κ1) is 25.3. The quantitative estimate of drug-likeness (QED) is 0.330. The predicted molar refractivity (Wildman–Crippen MR) is 140 cm³/mol. The average Bonchev–Trinajstić information content (AvgIpc) is 3.55. The van der Waals surface area contributed by atoms with E-state index < -0.39 is 0 Å². The highest BCUT2D eigenvalue weighted by molar-refractivity contribution is 9.10. The molecule has 1 fully saturated rings. The number of amides is 2. The van der Waals surface area contributed by atoms with Crippen LogP contribution < -0.4 is 0 Å². The summed E-state index contributed by atoms with van der Waals surface area (Å²) < 4.78 is 8.59. The summed E-state index contributed by atoms with van der Waals surface area (Å²) in [5.41, 5.74) is 2.30. The number of aromatic nitrogens is 1. The van der Waals surface area contributed by atoms with Crippen molar-refractivity contribution in [2.75, 3.05) is 6.54 Å². The molecule has 0 radical (unpaired) electrons. The molecule has 0 aliphatic heterocycles. The topological polar surface area (TPSA) is 58.7 Å². The Labute approximate surface area is 216 Å². The van der Waals surface area contributed by atoms with E-state index in [9.17, 15) is 9.59 Å². The standard InChI is InChI=1S/C28H34BrN3O3/c1-21(2)31(28(34)26-11-7-17-35-26)20-27(33)32(24-8-4-3-5-9-24)19-25-10-6-16-30(25)18-22-12-14-23(29)15-13-22/h6-7,10-17,21,24H,3-5,8-9,18-20H2,1-2H3. The van der Waals surface area contributed by atoms with E-state index in [2.05, 4.69) is 44.9 Å². The van der Waals surface area contributed by atoms with Crippen molar-refractivity contribution in [1.82, 2.24) is 14.4 Å². The van der Waals surface area contributed by atoms with Crippen molar-refractivity contribution in [3.63, 3.8) is 0 Å². The van der Waals surface area contributed by atoms with Crippen LogP contribution in [-0.2, 0) is 17.9 Å². The Morgan fingerprint density at radius 3 is 2.46 bits per heavy atom. The monoisotopic (exact) mass is 539 g/mol. The molecule has 3 aromatic rings. The van der Waals surface area contributed by atoms with Crippen LogP contribution in [0, 0.1) is 0 Å². The van der Waals surface area contributed by atoms with Gasteiger partial charge in [-0.1, -0.05) is 47.3 Å². The second-order valence-electron chi connectivity index (χ2n) is 9.57. The van der Waals surface area contributed by atoms with E-state index in [1.165, 1.54) is 18.2 Å². The first-order valence-corrected chi connectivity index (χ1v) is 13.2. The molecule has 2 amide bonds. The van der Waals surface area contributed by atoms with Gasteiger partial charge >= 0.3 is 0 Å². The number of halogens is 1. The van der Waals surface area contributed by atoms with Crippen LogP contribution in [0.3, 0.4) is 0 Å². The summed E-state index contributed by atoms with van der Waals surface area (Å²) in [7, 11) is 0. The summed E-state index contributed by atoms with van der Waals surface area (Å²) in [6.07, 6.45) is 9.05. The number of furan rings is 1. The first-order chi connectivity index (χ1) is 16.9. The molecular weight excluding hydrogens is 506 g/mol. The highest BCUT2D eigenvalue weighted by atomic mass is 79.9. The molecule has 0 saturated heterocycles. The maximum atomic E-state index is 13.8. The maximum absolute atomic E-state index is 13.8. The van der Waals surface area contributed by atoms with E-state index in [1.807, 2.05) is 36.9 Å². The van der Waals surface area contributed by atoms with E-state index in [-0.39, 0.29) is 36.2 Å². The lowest BCUT2D eigenvalue weighted by molar-refractivity contribution is -0.136. The van der Waals surface area contributed by atoms with Crippen LogP contribution in [0.5, 0.6) is 0 Å². The Hall–Kier alpha value is -2.80. The third kappa shape index (κ3) is 6.45. The van der Waals surface area contributed by atoms with Gasteiger partial charge in [0.05, 0.1) is 12.8 Å². The van der Waals surface area contributed by atoms with Crippen LogP contribution >= 0.6 is 15.9 Å². The van der Waals surface area contributed by atoms with Crippen molar-refractivity contribution in [2.24, 2.45) is 0 Å². The fourth-order valence-corrected chi connectivity index (χ4v) is 5.05. The molecule has 1 aromatic carbocycles. The Morgan fingerprint density at radius 1 is 1.06 bits per heavy atom. The predicted octanol–water partition coefficient (Wildman–Crippen LogP) is 6.10. The minimum absolute atomic E-state index is 0.0121. The fourth-order valence-electron chi connectivity index (χ4n) is 4.79. The largest absolute Gasteiger partial charge is 0.459 e. The summed E-state index contributed by atoms with van der Waals surface area (Å²) in [6, 6.07) is 15.9. The Balaban J connectivity index is 1.54. The van der Waals surface area contributed by atoms with Crippen LogP contribution in [0.15, 0.2) is 69.9 Å². The summed E-state index contributed by atoms with van der Waals surface area (Å²) >= 11 is 3.50. The molecule has 0 unspecified atom stereocenters. The zero-order valence-corrected chi connectivity index (χ0v) is 22.1. The summed E-state index contributed by atoms with van der Waals surface area (Å²) in [5, 5.41) is 0. The minimum Gasteiger partial charge on any atom is -0.459 e. The molecule has 186 valence electrons. The molecule has 7 heteroatoms. The molecule has 2 aromatic heterocycles. The van der Waals surface area contributed by atoms with Crippen LogP contribution in [0.4, 0.5) is 0 Å². The second kappa shape index (κ2) is 11.8. The van der Waals surface area contributed by atoms with Crippen LogP contribution in [0.1, 0.15) is 67.8 Å². The number of carbonyl (C=O) groups excluding carboxylic acids is 2. The van der Waals surface area contributed by atoms with Crippen molar-refractivity contribution in [3.8, 4) is 0 Å². The maximum Gasteiger partial charge on any atom is 0.290 e. The zero-order chi connectivity index (χ0) is 24.8. The smallest absolute Gasteiger partial charge is 0.290 e. The van der Waals surface area contributed by atoms with Crippen LogP contribution in [0.2, 0.25) is 0 Å². The highest BCUT2D eigenvalue weighted by Crippen LogP contribution is 2.25. The lowest BCUT2D eigenvalue weighted by Gasteiger charge is -2.36. The molecule has 1 aliphatic rings. The molecule has 0 spiro atoms. The summed E-state index contributed by atoms with van der Waals surface area (Å²) in [6.45, 7) is 5.19. The van der Waals surface area contributed by atoms with E-state index in [1.54, 1.807) is 17.0 Å². The van der Waals surface area contributed by atoms with E-state index in [0.717, 1.165) is 42.4 Å².